The third kappa shape index (κ3) is 3.51. The third-order valence-electron chi connectivity index (χ3n) is 5.23. The second-order valence-electron chi connectivity index (χ2n) is 7.06. The summed E-state index contributed by atoms with van der Waals surface area (Å²) in [6, 6.07) is 12.5. The number of carbonyl (C=O) groups is 1. The summed E-state index contributed by atoms with van der Waals surface area (Å²) < 4.78 is 28.2. The molecule has 2 aromatic rings. The average molecular weight is 385 g/mol. The van der Waals surface area contributed by atoms with Gasteiger partial charge in [0, 0.05) is 43.6 Å². The van der Waals surface area contributed by atoms with E-state index in [1.807, 2.05) is 12.1 Å². The molecular weight excluding hydrogens is 362 g/mol. The lowest BCUT2D eigenvalue weighted by Gasteiger charge is -2.18. The summed E-state index contributed by atoms with van der Waals surface area (Å²) in [7, 11) is -3.67. The van der Waals surface area contributed by atoms with Crippen LogP contribution < -0.4 is 14.5 Å². The Morgan fingerprint density at radius 2 is 1.70 bits per heavy atom. The first-order chi connectivity index (χ1) is 12.9. The van der Waals surface area contributed by atoms with Gasteiger partial charge in [0.2, 0.25) is 5.91 Å². The molecule has 2 aliphatic rings. The molecule has 7 heteroatoms. The first-order valence-corrected chi connectivity index (χ1v) is 10.7. The fraction of sp³-hybridized carbons (Fsp3) is 0.350. The van der Waals surface area contributed by atoms with Crippen molar-refractivity contribution in [3.8, 4) is 0 Å². The molecule has 4 rings (SSSR count). The number of rotatable bonds is 4. The normalized spacial score (nSPS) is 16.5. The maximum absolute atomic E-state index is 12.8. The summed E-state index contributed by atoms with van der Waals surface area (Å²) >= 11 is 0. The van der Waals surface area contributed by atoms with E-state index in [1.165, 1.54) is 19.8 Å². The molecule has 2 heterocycles. The number of carbonyl (C=O) groups excluding carboxylic acids is 1. The minimum absolute atomic E-state index is 0.0272. The van der Waals surface area contributed by atoms with Crippen LogP contribution in [0.25, 0.3) is 0 Å². The van der Waals surface area contributed by atoms with Crippen LogP contribution in [0.1, 0.15) is 25.3 Å². The molecule has 0 unspecified atom stereocenters. The monoisotopic (exact) mass is 385 g/mol. The van der Waals surface area contributed by atoms with Crippen molar-refractivity contribution >= 4 is 33.0 Å². The predicted octanol–water partition coefficient (Wildman–Crippen LogP) is 3.00. The molecule has 0 aromatic heterocycles. The summed E-state index contributed by atoms with van der Waals surface area (Å²) in [5.74, 6) is -0.0272. The van der Waals surface area contributed by atoms with Gasteiger partial charge in [-0.25, -0.2) is 8.42 Å². The number of hydrogen-bond acceptors (Lipinski definition) is 4. The highest BCUT2D eigenvalue weighted by Crippen LogP contribution is 2.31. The number of hydrogen-bond donors (Lipinski definition) is 1. The zero-order valence-corrected chi connectivity index (χ0v) is 16.1. The number of sulfonamides is 1. The van der Waals surface area contributed by atoms with E-state index < -0.39 is 10.0 Å². The maximum atomic E-state index is 12.8. The van der Waals surface area contributed by atoms with Gasteiger partial charge in [-0.1, -0.05) is 0 Å². The molecule has 0 aliphatic carbocycles. The van der Waals surface area contributed by atoms with E-state index in [-0.39, 0.29) is 10.8 Å². The number of amides is 1. The van der Waals surface area contributed by atoms with Crippen molar-refractivity contribution in [2.75, 3.05) is 34.2 Å². The summed E-state index contributed by atoms with van der Waals surface area (Å²) in [5, 5.41) is 0. The molecule has 0 saturated carbocycles. The molecule has 1 saturated heterocycles. The largest absolute Gasteiger partial charge is 0.372 e. The SMILES string of the molecule is CC(=O)N1CCc2cc(S(=O)(=O)Nc3ccc(N4CCCC4)cc3)ccc21. The van der Waals surface area contributed by atoms with Crippen molar-refractivity contribution in [2.45, 2.75) is 31.1 Å². The molecule has 0 radical (unpaired) electrons. The van der Waals surface area contributed by atoms with Gasteiger partial charge in [-0.05, 0) is 67.3 Å². The Bertz CT molecular complexity index is 964. The van der Waals surface area contributed by atoms with Gasteiger partial charge < -0.3 is 9.80 Å². The summed E-state index contributed by atoms with van der Waals surface area (Å²) in [4.78, 5) is 15.8. The number of nitrogens with zero attached hydrogens (tertiary/aromatic N) is 2. The Balaban J connectivity index is 1.53. The Morgan fingerprint density at radius 1 is 1.00 bits per heavy atom. The van der Waals surface area contributed by atoms with Crippen LogP contribution in [0.15, 0.2) is 47.4 Å². The fourth-order valence-electron chi connectivity index (χ4n) is 3.80. The van der Waals surface area contributed by atoms with Gasteiger partial charge in [-0.2, -0.15) is 0 Å². The van der Waals surface area contributed by atoms with E-state index in [0.29, 0.717) is 18.7 Å². The Labute approximate surface area is 159 Å². The number of fused-ring (bicyclic) bond motifs is 1. The second kappa shape index (κ2) is 6.88. The quantitative estimate of drug-likeness (QED) is 0.878. The molecule has 142 valence electrons. The van der Waals surface area contributed by atoms with Crippen LogP contribution in [-0.4, -0.2) is 34.0 Å². The van der Waals surface area contributed by atoms with Crippen LogP contribution in [0.3, 0.4) is 0 Å². The number of anilines is 3. The number of nitrogens with one attached hydrogen (secondary N) is 1. The third-order valence-corrected chi connectivity index (χ3v) is 6.61. The average Bonchev–Trinajstić information content (AvgIpc) is 3.31. The van der Waals surface area contributed by atoms with Crippen LogP contribution in [0.5, 0.6) is 0 Å². The molecule has 1 fully saturated rings. The van der Waals surface area contributed by atoms with Crippen LogP contribution >= 0.6 is 0 Å². The Kier molecular flexibility index (Phi) is 4.55. The molecule has 27 heavy (non-hydrogen) atoms. The van der Waals surface area contributed by atoms with E-state index in [2.05, 4.69) is 9.62 Å². The highest BCUT2D eigenvalue weighted by atomic mass is 32.2. The predicted molar refractivity (Wildman–Crippen MR) is 107 cm³/mol. The molecule has 0 atom stereocenters. The van der Waals surface area contributed by atoms with Gasteiger partial charge in [0.1, 0.15) is 0 Å². The van der Waals surface area contributed by atoms with Crippen LogP contribution in [0.2, 0.25) is 0 Å². The van der Waals surface area contributed by atoms with Crippen molar-refractivity contribution in [3.63, 3.8) is 0 Å². The lowest BCUT2D eigenvalue weighted by molar-refractivity contribution is -0.116. The van der Waals surface area contributed by atoms with Crippen molar-refractivity contribution in [1.82, 2.24) is 0 Å². The molecule has 2 aromatic carbocycles. The van der Waals surface area contributed by atoms with Crippen molar-refractivity contribution in [1.29, 1.82) is 0 Å². The number of benzene rings is 2. The zero-order valence-electron chi connectivity index (χ0n) is 15.3. The van der Waals surface area contributed by atoms with E-state index in [9.17, 15) is 13.2 Å². The van der Waals surface area contributed by atoms with Gasteiger partial charge in [-0.3, -0.25) is 9.52 Å². The maximum Gasteiger partial charge on any atom is 0.261 e. The van der Waals surface area contributed by atoms with Crippen molar-refractivity contribution < 1.29 is 13.2 Å². The first kappa shape index (κ1) is 17.9. The van der Waals surface area contributed by atoms with Gasteiger partial charge in [0.15, 0.2) is 0 Å². The van der Waals surface area contributed by atoms with Gasteiger partial charge in [0.05, 0.1) is 4.90 Å². The fourth-order valence-corrected chi connectivity index (χ4v) is 4.91. The van der Waals surface area contributed by atoms with Gasteiger partial charge in [-0.15, -0.1) is 0 Å². The zero-order chi connectivity index (χ0) is 19.0. The van der Waals surface area contributed by atoms with Crippen LogP contribution in [0.4, 0.5) is 17.1 Å². The second-order valence-corrected chi connectivity index (χ2v) is 8.74. The molecule has 0 bridgehead atoms. The molecule has 0 spiro atoms. The van der Waals surface area contributed by atoms with Crippen LogP contribution in [0, 0.1) is 0 Å². The molecular formula is C20H23N3O3S. The van der Waals surface area contributed by atoms with E-state index >= 15 is 0 Å². The van der Waals surface area contributed by atoms with Crippen molar-refractivity contribution in [2.24, 2.45) is 0 Å². The first-order valence-electron chi connectivity index (χ1n) is 9.23. The van der Waals surface area contributed by atoms with E-state index in [1.54, 1.807) is 35.2 Å². The van der Waals surface area contributed by atoms with E-state index in [4.69, 9.17) is 0 Å². The molecule has 1 N–H and O–H groups in total. The lowest BCUT2D eigenvalue weighted by Crippen LogP contribution is -2.25. The van der Waals surface area contributed by atoms with Gasteiger partial charge >= 0.3 is 0 Å². The van der Waals surface area contributed by atoms with Crippen LogP contribution in [-0.2, 0) is 21.2 Å². The summed E-state index contributed by atoms with van der Waals surface area (Å²) in [6.45, 7) is 4.22. The standard InChI is InChI=1S/C20H23N3O3S/c1-15(24)23-13-10-16-14-19(8-9-20(16)23)27(25,26)21-17-4-6-18(7-5-17)22-11-2-3-12-22/h4-9,14,21H,2-3,10-13H2,1H3. The lowest BCUT2D eigenvalue weighted by atomic mass is 10.2. The summed E-state index contributed by atoms with van der Waals surface area (Å²) in [6.07, 6.45) is 3.07. The Hall–Kier alpha value is -2.54. The molecule has 1 amide bonds. The highest BCUT2D eigenvalue weighted by molar-refractivity contribution is 7.92. The smallest absolute Gasteiger partial charge is 0.261 e. The Morgan fingerprint density at radius 3 is 2.37 bits per heavy atom. The topological polar surface area (TPSA) is 69.7 Å². The summed E-state index contributed by atoms with van der Waals surface area (Å²) in [5.41, 5.74) is 3.36. The highest BCUT2D eigenvalue weighted by Gasteiger charge is 2.25. The molecule has 2 aliphatic heterocycles. The minimum atomic E-state index is -3.67. The molecule has 6 nitrogen and oxygen atoms in total. The van der Waals surface area contributed by atoms with Crippen molar-refractivity contribution in [3.05, 3.63) is 48.0 Å². The van der Waals surface area contributed by atoms with E-state index in [0.717, 1.165) is 30.0 Å². The minimum Gasteiger partial charge on any atom is -0.372 e. The van der Waals surface area contributed by atoms with Gasteiger partial charge in [0.25, 0.3) is 10.0 Å².